The first-order valence-corrected chi connectivity index (χ1v) is 9.26. The van der Waals surface area contributed by atoms with E-state index in [1.807, 2.05) is 33.7 Å². The smallest absolute Gasteiger partial charge is 0.252 e. The van der Waals surface area contributed by atoms with E-state index in [1.165, 1.54) is 22.7 Å². The highest BCUT2D eigenvalue weighted by molar-refractivity contribution is 7.08. The number of rotatable bonds is 5. The molecule has 2 aromatic heterocycles. The van der Waals surface area contributed by atoms with E-state index in [0.717, 1.165) is 24.8 Å². The second kappa shape index (κ2) is 7.07. The van der Waals surface area contributed by atoms with Gasteiger partial charge in [0.05, 0.1) is 0 Å². The number of carbonyl (C=O) groups excluding carboxylic acids is 2. The minimum atomic E-state index is -0.0314. The van der Waals surface area contributed by atoms with Crippen LogP contribution < -0.4 is 10.6 Å². The third-order valence-electron chi connectivity index (χ3n) is 4.07. The van der Waals surface area contributed by atoms with E-state index in [-0.39, 0.29) is 17.9 Å². The summed E-state index contributed by atoms with van der Waals surface area (Å²) in [4.78, 5) is 24.1. The maximum atomic E-state index is 12.1. The highest BCUT2D eigenvalue weighted by Gasteiger charge is 2.29. The number of hydrogen-bond donors (Lipinski definition) is 2. The molecular formula is C16H18N2O2S2. The SMILES string of the molecule is O=C(NC[C@H]1CCC[C@H]1NC(=O)c1ccsc1)c1ccsc1. The summed E-state index contributed by atoms with van der Waals surface area (Å²) >= 11 is 3.04. The molecule has 1 aliphatic rings. The molecule has 22 heavy (non-hydrogen) atoms. The molecule has 2 amide bonds. The lowest BCUT2D eigenvalue weighted by Gasteiger charge is -2.21. The van der Waals surface area contributed by atoms with Crippen LogP contribution in [-0.4, -0.2) is 24.4 Å². The first kappa shape index (κ1) is 15.2. The molecule has 1 fully saturated rings. The highest BCUT2D eigenvalue weighted by Crippen LogP contribution is 2.25. The van der Waals surface area contributed by atoms with Crippen LogP contribution in [0.25, 0.3) is 0 Å². The Morgan fingerprint density at radius 1 is 1.05 bits per heavy atom. The summed E-state index contributed by atoms with van der Waals surface area (Å²) in [6.45, 7) is 0.614. The largest absolute Gasteiger partial charge is 0.352 e. The molecule has 0 aromatic carbocycles. The Kier molecular flexibility index (Phi) is 4.90. The van der Waals surface area contributed by atoms with Crippen molar-refractivity contribution in [2.24, 2.45) is 5.92 Å². The third kappa shape index (κ3) is 3.56. The molecular weight excluding hydrogens is 316 g/mol. The summed E-state index contributed by atoms with van der Waals surface area (Å²) in [6.07, 6.45) is 3.11. The van der Waals surface area contributed by atoms with Crippen LogP contribution in [0.15, 0.2) is 33.7 Å². The molecule has 116 valence electrons. The molecule has 4 nitrogen and oxygen atoms in total. The molecule has 2 atom stereocenters. The Balaban J connectivity index is 1.52. The van der Waals surface area contributed by atoms with Gasteiger partial charge in [0.25, 0.3) is 11.8 Å². The van der Waals surface area contributed by atoms with E-state index in [1.54, 1.807) is 0 Å². The van der Waals surface area contributed by atoms with Gasteiger partial charge in [-0.2, -0.15) is 22.7 Å². The first-order valence-electron chi connectivity index (χ1n) is 7.37. The summed E-state index contributed by atoms with van der Waals surface area (Å²) in [6, 6.07) is 3.81. The first-order chi connectivity index (χ1) is 10.7. The van der Waals surface area contributed by atoms with Crippen LogP contribution in [0, 0.1) is 5.92 Å². The average Bonchev–Trinajstić information content (AvgIpc) is 3.26. The van der Waals surface area contributed by atoms with E-state index in [9.17, 15) is 9.59 Å². The van der Waals surface area contributed by atoms with E-state index in [4.69, 9.17) is 0 Å². The van der Waals surface area contributed by atoms with Gasteiger partial charge in [0.1, 0.15) is 0 Å². The maximum absolute atomic E-state index is 12.1. The van der Waals surface area contributed by atoms with E-state index in [2.05, 4.69) is 10.6 Å². The van der Waals surface area contributed by atoms with Gasteiger partial charge in [-0.05, 0) is 41.7 Å². The molecule has 0 spiro atoms. The van der Waals surface area contributed by atoms with Gasteiger partial charge in [0.2, 0.25) is 0 Å². The topological polar surface area (TPSA) is 58.2 Å². The summed E-state index contributed by atoms with van der Waals surface area (Å²) in [5, 5.41) is 13.6. The monoisotopic (exact) mass is 334 g/mol. The van der Waals surface area contributed by atoms with Gasteiger partial charge < -0.3 is 10.6 Å². The molecule has 0 radical (unpaired) electrons. The Labute approximate surface area is 137 Å². The van der Waals surface area contributed by atoms with Crippen molar-refractivity contribution in [2.45, 2.75) is 25.3 Å². The third-order valence-corrected chi connectivity index (χ3v) is 5.43. The number of hydrogen-bond acceptors (Lipinski definition) is 4. The molecule has 2 aromatic rings. The van der Waals surface area contributed by atoms with Gasteiger partial charge >= 0.3 is 0 Å². The van der Waals surface area contributed by atoms with Crippen LogP contribution in [0.2, 0.25) is 0 Å². The van der Waals surface area contributed by atoms with E-state index < -0.39 is 0 Å². The number of carbonyl (C=O) groups is 2. The van der Waals surface area contributed by atoms with Crippen LogP contribution in [-0.2, 0) is 0 Å². The zero-order valence-electron chi connectivity index (χ0n) is 12.1. The van der Waals surface area contributed by atoms with E-state index >= 15 is 0 Å². The van der Waals surface area contributed by atoms with Crippen molar-refractivity contribution in [3.8, 4) is 0 Å². The van der Waals surface area contributed by atoms with Gasteiger partial charge in [-0.1, -0.05) is 6.42 Å². The minimum absolute atomic E-state index is 0.0117. The molecule has 2 N–H and O–H groups in total. The fourth-order valence-electron chi connectivity index (χ4n) is 2.84. The Hall–Kier alpha value is -1.66. The van der Waals surface area contributed by atoms with Crippen LogP contribution >= 0.6 is 22.7 Å². The number of thiophene rings is 2. The lowest BCUT2D eigenvalue weighted by atomic mass is 10.0. The fourth-order valence-corrected chi connectivity index (χ4v) is 4.11. The lowest BCUT2D eigenvalue weighted by Crippen LogP contribution is -2.41. The van der Waals surface area contributed by atoms with Crippen molar-refractivity contribution in [1.82, 2.24) is 10.6 Å². The van der Waals surface area contributed by atoms with Crippen molar-refractivity contribution < 1.29 is 9.59 Å². The summed E-state index contributed by atoms with van der Waals surface area (Å²) in [7, 11) is 0. The van der Waals surface area contributed by atoms with E-state index in [0.29, 0.717) is 18.0 Å². The predicted molar refractivity (Wildman–Crippen MR) is 89.6 cm³/mol. The number of nitrogens with one attached hydrogen (secondary N) is 2. The standard InChI is InChI=1S/C16H18N2O2S2/c19-15(12-4-6-21-9-12)17-8-11-2-1-3-14(11)18-16(20)13-5-7-22-10-13/h4-7,9-11,14H,1-3,8H2,(H,17,19)(H,18,20)/t11-,14-/m1/s1. The number of amides is 2. The van der Waals surface area contributed by atoms with Gasteiger partial charge in [0, 0.05) is 34.5 Å². The second-order valence-corrected chi connectivity index (χ2v) is 7.07. The lowest BCUT2D eigenvalue weighted by molar-refractivity contribution is 0.0923. The zero-order valence-corrected chi connectivity index (χ0v) is 13.7. The van der Waals surface area contributed by atoms with Crippen molar-refractivity contribution in [1.29, 1.82) is 0 Å². The molecule has 0 unspecified atom stereocenters. The summed E-state index contributed by atoms with van der Waals surface area (Å²) in [5.41, 5.74) is 1.43. The molecule has 1 aliphatic carbocycles. The molecule has 2 heterocycles. The van der Waals surface area contributed by atoms with Crippen LogP contribution in [0.4, 0.5) is 0 Å². The molecule has 0 aliphatic heterocycles. The van der Waals surface area contributed by atoms with Crippen LogP contribution in [0.1, 0.15) is 40.0 Å². The predicted octanol–water partition coefficient (Wildman–Crippen LogP) is 3.14. The Bertz CT molecular complexity index is 623. The average molecular weight is 334 g/mol. The van der Waals surface area contributed by atoms with Crippen molar-refractivity contribution in [3.63, 3.8) is 0 Å². The molecule has 3 rings (SSSR count). The normalized spacial score (nSPS) is 20.7. The van der Waals surface area contributed by atoms with Crippen LogP contribution in [0.3, 0.4) is 0 Å². The molecule has 1 saturated carbocycles. The van der Waals surface area contributed by atoms with Crippen LogP contribution in [0.5, 0.6) is 0 Å². The van der Waals surface area contributed by atoms with Gasteiger partial charge in [-0.25, -0.2) is 0 Å². The highest BCUT2D eigenvalue weighted by atomic mass is 32.1. The second-order valence-electron chi connectivity index (χ2n) is 5.51. The minimum Gasteiger partial charge on any atom is -0.352 e. The Morgan fingerprint density at radius 2 is 1.73 bits per heavy atom. The molecule has 0 saturated heterocycles. The van der Waals surface area contributed by atoms with Gasteiger partial charge in [-0.3, -0.25) is 9.59 Å². The summed E-state index contributed by atoms with van der Waals surface area (Å²) in [5.74, 6) is 0.267. The van der Waals surface area contributed by atoms with Crippen molar-refractivity contribution >= 4 is 34.5 Å². The van der Waals surface area contributed by atoms with Crippen molar-refractivity contribution in [3.05, 3.63) is 44.8 Å². The quantitative estimate of drug-likeness (QED) is 0.882. The van der Waals surface area contributed by atoms with Gasteiger partial charge in [-0.15, -0.1) is 0 Å². The maximum Gasteiger partial charge on any atom is 0.252 e. The summed E-state index contributed by atoms with van der Waals surface area (Å²) < 4.78 is 0. The Morgan fingerprint density at radius 3 is 2.36 bits per heavy atom. The zero-order chi connectivity index (χ0) is 15.4. The van der Waals surface area contributed by atoms with Gasteiger partial charge in [0.15, 0.2) is 0 Å². The van der Waals surface area contributed by atoms with Crippen molar-refractivity contribution in [2.75, 3.05) is 6.54 Å². The molecule has 0 bridgehead atoms. The molecule has 6 heteroatoms. The fraction of sp³-hybridized carbons (Fsp3) is 0.375.